The van der Waals surface area contributed by atoms with E-state index in [4.69, 9.17) is 14.5 Å². The van der Waals surface area contributed by atoms with Crippen molar-refractivity contribution in [2.45, 2.75) is 19.0 Å². The first kappa shape index (κ1) is 24.5. The fourth-order valence-corrected chi connectivity index (χ4v) is 4.90. The van der Waals surface area contributed by atoms with Crippen molar-refractivity contribution < 1.29 is 14.3 Å². The van der Waals surface area contributed by atoms with Crippen molar-refractivity contribution in [3.8, 4) is 17.2 Å². The Balaban J connectivity index is 1.52. The molecule has 0 aliphatic rings. The third-order valence-corrected chi connectivity index (χ3v) is 6.63. The van der Waals surface area contributed by atoms with Gasteiger partial charge in [-0.15, -0.1) is 0 Å². The largest absolute Gasteiger partial charge is 0.494 e. The van der Waals surface area contributed by atoms with Crippen LogP contribution in [0.4, 0.5) is 5.69 Å². The van der Waals surface area contributed by atoms with E-state index in [9.17, 15) is 9.59 Å². The van der Waals surface area contributed by atoms with Crippen molar-refractivity contribution in [1.29, 1.82) is 0 Å². The zero-order chi connectivity index (χ0) is 25.8. The Bertz CT molecular complexity index is 1630. The third-order valence-electron chi connectivity index (χ3n) is 5.69. The van der Waals surface area contributed by atoms with Gasteiger partial charge in [-0.1, -0.05) is 42.1 Å². The standard InChI is InChI=1S/C28H26N4O4S/c1-3-35-19-15-13-18(14-16-19)32-27(34)26-25(20-9-5-6-10-21(20)30-26)31-28(32)37-17-24(33)29-22-11-7-8-12-23(22)36-4-2/h5-16,30H,3-4,17H2,1-2H3,(H,29,33). The molecule has 8 nitrogen and oxygen atoms in total. The number of anilines is 1. The Morgan fingerprint density at radius 2 is 1.70 bits per heavy atom. The van der Waals surface area contributed by atoms with Crippen LogP contribution >= 0.6 is 11.8 Å². The zero-order valence-electron chi connectivity index (χ0n) is 20.5. The highest BCUT2D eigenvalue weighted by atomic mass is 32.2. The fraction of sp³-hybridized carbons (Fsp3) is 0.179. The molecular weight excluding hydrogens is 488 g/mol. The van der Waals surface area contributed by atoms with E-state index in [0.29, 0.717) is 52.3 Å². The molecule has 1 amide bonds. The van der Waals surface area contributed by atoms with Crippen molar-refractivity contribution in [3.63, 3.8) is 0 Å². The summed E-state index contributed by atoms with van der Waals surface area (Å²) in [5.74, 6) is 1.13. The van der Waals surface area contributed by atoms with Crippen LogP contribution in [0.1, 0.15) is 13.8 Å². The van der Waals surface area contributed by atoms with Crippen molar-refractivity contribution in [2.24, 2.45) is 0 Å². The van der Waals surface area contributed by atoms with Gasteiger partial charge in [0, 0.05) is 10.9 Å². The van der Waals surface area contributed by atoms with Gasteiger partial charge in [0.1, 0.15) is 22.5 Å². The Labute approximate surface area is 217 Å². The fourth-order valence-electron chi connectivity index (χ4n) is 4.09. The van der Waals surface area contributed by atoms with Crippen LogP contribution in [0.2, 0.25) is 0 Å². The first-order chi connectivity index (χ1) is 18.1. The van der Waals surface area contributed by atoms with Gasteiger partial charge in [-0.2, -0.15) is 0 Å². The Morgan fingerprint density at radius 3 is 2.49 bits per heavy atom. The van der Waals surface area contributed by atoms with E-state index < -0.39 is 0 Å². The molecule has 0 aliphatic carbocycles. The number of carbonyl (C=O) groups excluding carboxylic acids is 1. The number of fused-ring (bicyclic) bond motifs is 3. The Kier molecular flexibility index (Phi) is 7.14. The molecule has 0 unspecified atom stereocenters. The smallest absolute Gasteiger partial charge is 0.283 e. The second-order valence-corrected chi connectivity index (χ2v) is 9.06. The number of H-pyrrole nitrogens is 1. The number of hydrogen-bond acceptors (Lipinski definition) is 6. The monoisotopic (exact) mass is 514 g/mol. The number of para-hydroxylation sites is 3. The molecule has 2 heterocycles. The Morgan fingerprint density at radius 1 is 0.973 bits per heavy atom. The zero-order valence-corrected chi connectivity index (χ0v) is 21.3. The van der Waals surface area contributed by atoms with Crippen LogP contribution in [0.5, 0.6) is 11.5 Å². The van der Waals surface area contributed by atoms with Gasteiger partial charge in [0.25, 0.3) is 5.56 Å². The van der Waals surface area contributed by atoms with Gasteiger partial charge < -0.3 is 19.8 Å². The summed E-state index contributed by atoms with van der Waals surface area (Å²) in [6.45, 7) is 4.84. The molecular formula is C28H26N4O4S. The maximum atomic E-state index is 13.7. The van der Waals surface area contributed by atoms with Gasteiger partial charge in [0.05, 0.1) is 30.3 Å². The average molecular weight is 515 g/mol. The van der Waals surface area contributed by atoms with Crippen LogP contribution in [0.25, 0.3) is 27.6 Å². The molecule has 5 aromatic rings. The van der Waals surface area contributed by atoms with Gasteiger partial charge in [0.15, 0.2) is 5.16 Å². The molecule has 37 heavy (non-hydrogen) atoms. The maximum absolute atomic E-state index is 13.7. The van der Waals surface area contributed by atoms with Gasteiger partial charge >= 0.3 is 0 Å². The number of ether oxygens (including phenoxy) is 2. The third kappa shape index (κ3) is 5.03. The summed E-state index contributed by atoms with van der Waals surface area (Å²) in [5, 5.41) is 4.17. The summed E-state index contributed by atoms with van der Waals surface area (Å²) in [5.41, 5.74) is 2.80. The van der Waals surface area contributed by atoms with Gasteiger partial charge in [-0.05, 0) is 56.3 Å². The van der Waals surface area contributed by atoms with Crippen molar-refractivity contribution in [3.05, 3.63) is 83.2 Å². The Hall–Kier alpha value is -4.24. The van der Waals surface area contributed by atoms with Crippen molar-refractivity contribution >= 4 is 45.3 Å². The maximum Gasteiger partial charge on any atom is 0.283 e. The number of benzene rings is 3. The second kappa shape index (κ2) is 10.8. The molecule has 9 heteroatoms. The lowest BCUT2D eigenvalue weighted by Gasteiger charge is -2.14. The molecule has 2 aromatic heterocycles. The van der Waals surface area contributed by atoms with Gasteiger partial charge in [0.2, 0.25) is 5.91 Å². The number of amides is 1. The number of carbonyl (C=O) groups is 1. The van der Waals surface area contributed by atoms with Crippen molar-refractivity contribution in [2.75, 3.05) is 24.3 Å². The minimum atomic E-state index is -0.241. The number of thioether (sulfide) groups is 1. The van der Waals surface area contributed by atoms with E-state index in [2.05, 4.69) is 10.3 Å². The molecule has 0 spiro atoms. The van der Waals surface area contributed by atoms with Crippen LogP contribution in [0.3, 0.4) is 0 Å². The summed E-state index contributed by atoms with van der Waals surface area (Å²) < 4.78 is 12.7. The van der Waals surface area contributed by atoms with Crippen LogP contribution in [0.15, 0.2) is 82.7 Å². The number of nitrogens with zero attached hydrogens (tertiary/aromatic N) is 2. The summed E-state index contributed by atoms with van der Waals surface area (Å²) in [4.78, 5) is 34.7. The lowest BCUT2D eigenvalue weighted by Crippen LogP contribution is -2.23. The molecule has 0 saturated carbocycles. The van der Waals surface area contributed by atoms with E-state index in [-0.39, 0.29) is 17.2 Å². The van der Waals surface area contributed by atoms with Gasteiger partial charge in [-0.3, -0.25) is 14.2 Å². The molecule has 0 bridgehead atoms. The molecule has 0 radical (unpaired) electrons. The van der Waals surface area contributed by atoms with Crippen LogP contribution < -0.4 is 20.3 Å². The number of aromatic amines is 1. The van der Waals surface area contributed by atoms with Crippen LogP contribution in [0, 0.1) is 0 Å². The van der Waals surface area contributed by atoms with E-state index in [1.165, 1.54) is 16.3 Å². The molecule has 0 fully saturated rings. The van der Waals surface area contributed by atoms with E-state index in [1.54, 1.807) is 6.07 Å². The molecule has 188 valence electrons. The predicted molar refractivity (Wildman–Crippen MR) is 147 cm³/mol. The topological polar surface area (TPSA) is 98.2 Å². The summed E-state index contributed by atoms with van der Waals surface area (Å²) in [7, 11) is 0. The predicted octanol–water partition coefficient (Wildman–Crippen LogP) is 5.40. The molecule has 0 saturated heterocycles. The number of hydrogen-bond donors (Lipinski definition) is 2. The molecule has 0 aliphatic heterocycles. The minimum Gasteiger partial charge on any atom is -0.494 e. The lowest BCUT2D eigenvalue weighted by atomic mass is 10.2. The number of rotatable bonds is 9. The van der Waals surface area contributed by atoms with Gasteiger partial charge in [-0.25, -0.2) is 4.98 Å². The number of nitrogens with one attached hydrogen (secondary N) is 2. The van der Waals surface area contributed by atoms with Crippen LogP contribution in [-0.4, -0.2) is 39.4 Å². The molecule has 2 N–H and O–H groups in total. The van der Waals surface area contributed by atoms with E-state index in [0.717, 1.165) is 10.9 Å². The minimum absolute atomic E-state index is 0.0534. The number of aromatic nitrogens is 3. The first-order valence-corrected chi connectivity index (χ1v) is 13.0. The quantitative estimate of drug-likeness (QED) is 0.202. The van der Waals surface area contributed by atoms with E-state index in [1.807, 2.05) is 80.6 Å². The van der Waals surface area contributed by atoms with E-state index >= 15 is 0 Å². The molecule has 5 rings (SSSR count). The highest BCUT2D eigenvalue weighted by Gasteiger charge is 2.18. The highest BCUT2D eigenvalue weighted by molar-refractivity contribution is 7.99. The summed E-state index contributed by atoms with van der Waals surface area (Å²) in [6.07, 6.45) is 0. The molecule has 3 aromatic carbocycles. The summed E-state index contributed by atoms with van der Waals surface area (Å²) in [6, 6.07) is 22.2. The normalized spacial score (nSPS) is 11.1. The SMILES string of the molecule is CCOc1ccc(-n2c(SCC(=O)Nc3ccccc3OCC)nc3c([nH]c4ccccc43)c2=O)cc1. The second-order valence-electron chi connectivity index (χ2n) is 8.12. The molecule has 0 atom stereocenters. The average Bonchev–Trinajstić information content (AvgIpc) is 3.29. The lowest BCUT2D eigenvalue weighted by molar-refractivity contribution is -0.113. The van der Waals surface area contributed by atoms with Crippen LogP contribution in [-0.2, 0) is 4.79 Å². The first-order valence-electron chi connectivity index (χ1n) is 12.0. The summed E-state index contributed by atoms with van der Waals surface area (Å²) >= 11 is 1.20. The van der Waals surface area contributed by atoms with Crippen molar-refractivity contribution in [1.82, 2.24) is 14.5 Å². The highest BCUT2D eigenvalue weighted by Crippen LogP contribution is 2.28.